The van der Waals surface area contributed by atoms with Crippen LogP contribution in [-0.2, 0) is 11.3 Å². The molecule has 0 spiro atoms. The monoisotopic (exact) mass is 214 g/mol. The van der Waals surface area contributed by atoms with Crippen molar-refractivity contribution in [3.8, 4) is 0 Å². The van der Waals surface area contributed by atoms with E-state index in [1.165, 1.54) is 11.1 Å². The molecule has 0 aliphatic carbocycles. The number of aryl methyl sites for hydroxylation is 1. The smallest absolute Gasteiger partial charge is 0.0713 e. The van der Waals surface area contributed by atoms with Crippen molar-refractivity contribution in [3.05, 3.63) is 33.8 Å². The fourth-order valence-corrected chi connectivity index (χ4v) is 1.21. The van der Waals surface area contributed by atoms with Crippen LogP contribution in [0.4, 0.5) is 0 Å². The lowest BCUT2D eigenvalue weighted by atomic mass is 10.1. The van der Waals surface area contributed by atoms with Crippen LogP contribution in [-0.4, -0.2) is 7.11 Å². The van der Waals surface area contributed by atoms with Crippen LogP contribution in [0.25, 0.3) is 0 Å². The molecule has 0 radical (unpaired) electrons. The third kappa shape index (κ3) is 2.31. The summed E-state index contributed by atoms with van der Waals surface area (Å²) >= 11 is 3.44. The van der Waals surface area contributed by atoms with Gasteiger partial charge in [-0.1, -0.05) is 28.1 Å². The van der Waals surface area contributed by atoms with Crippen LogP contribution in [0, 0.1) is 6.92 Å². The van der Waals surface area contributed by atoms with Crippen LogP contribution in [0.15, 0.2) is 22.7 Å². The lowest BCUT2D eigenvalue weighted by molar-refractivity contribution is 0.185. The van der Waals surface area contributed by atoms with Gasteiger partial charge in [-0.3, -0.25) is 0 Å². The Bertz CT molecular complexity index is 245. The van der Waals surface area contributed by atoms with E-state index in [0.29, 0.717) is 6.61 Å². The van der Waals surface area contributed by atoms with Crippen LogP contribution in [0.5, 0.6) is 0 Å². The average molecular weight is 215 g/mol. The molecule has 1 aromatic carbocycles. The van der Waals surface area contributed by atoms with Gasteiger partial charge in [0.05, 0.1) is 6.61 Å². The van der Waals surface area contributed by atoms with E-state index in [1.807, 2.05) is 6.07 Å². The van der Waals surface area contributed by atoms with E-state index < -0.39 is 0 Å². The molecule has 0 aliphatic rings. The summed E-state index contributed by atoms with van der Waals surface area (Å²) in [5.41, 5.74) is 2.47. The molecule has 11 heavy (non-hydrogen) atoms. The highest BCUT2D eigenvalue weighted by molar-refractivity contribution is 9.10. The molecule has 0 N–H and O–H groups in total. The number of hydrogen-bond donors (Lipinski definition) is 0. The van der Waals surface area contributed by atoms with Crippen LogP contribution in [0.3, 0.4) is 0 Å². The zero-order chi connectivity index (χ0) is 8.27. The molecule has 0 heterocycles. The SMILES string of the molecule is COCc1ccc(Br)c(C)c1. The summed E-state index contributed by atoms with van der Waals surface area (Å²) in [5.74, 6) is 0. The quantitative estimate of drug-likeness (QED) is 0.736. The number of rotatable bonds is 2. The van der Waals surface area contributed by atoms with Crippen molar-refractivity contribution in [3.63, 3.8) is 0 Å². The van der Waals surface area contributed by atoms with Crippen molar-refractivity contribution < 1.29 is 4.74 Å². The van der Waals surface area contributed by atoms with Gasteiger partial charge in [-0.15, -0.1) is 0 Å². The van der Waals surface area contributed by atoms with E-state index in [-0.39, 0.29) is 0 Å². The van der Waals surface area contributed by atoms with E-state index in [4.69, 9.17) is 4.74 Å². The average Bonchev–Trinajstić information content (AvgIpc) is 1.98. The number of halogens is 1. The maximum Gasteiger partial charge on any atom is 0.0713 e. The highest BCUT2D eigenvalue weighted by Gasteiger charge is 1.95. The Morgan fingerprint density at radius 2 is 2.18 bits per heavy atom. The summed E-state index contributed by atoms with van der Waals surface area (Å²) in [4.78, 5) is 0. The molecule has 0 bridgehead atoms. The third-order valence-corrected chi connectivity index (χ3v) is 2.42. The van der Waals surface area contributed by atoms with E-state index in [9.17, 15) is 0 Å². The van der Waals surface area contributed by atoms with E-state index in [2.05, 4.69) is 35.0 Å². The number of benzene rings is 1. The molecule has 0 saturated carbocycles. The predicted octanol–water partition coefficient (Wildman–Crippen LogP) is 2.90. The van der Waals surface area contributed by atoms with Gasteiger partial charge in [0.25, 0.3) is 0 Å². The summed E-state index contributed by atoms with van der Waals surface area (Å²) in [6, 6.07) is 6.22. The van der Waals surface area contributed by atoms with Gasteiger partial charge in [-0.2, -0.15) is 0 Å². The highest BCUT2D eigenvalue weighted by atomic mass is 79.9. The first-order valence-electron chi connectivity index (χ1n) is 3.48. The minimum absolute atomic E-state index is 0.689. The van der Waals surface area contributed by atoms with Crippen LogP contribution in [0.2, 0.25) is 0 Å². The molecule has 1 rings (SSSR count). The molecular weight excluding hydrogens is 204 g/mol. The molecule has 0 aliphatic heterocycles. The van der Waals surface area contributed by atoms with E-state index in [0.717, 1.165) is 4.47 Å². The first kappa shape index (κ1) is 8.75. The standard InChI is InChI=1S/C9H11BrO/c1-7-5-8(6-11-2)3-4-9(7)10/h3-5H,6H2,1-2H3. The summed E-state index contributed by atoms with van der Waals surface area (Å²) in [6.45, 7) is 2.76. The summed E-state index contributed by atoms with van der Waals surface area (Å²) in [5, 5.41) is 0. The molecule has 1 aromatic rings. The predicted molar refractivity (Wildman–Crippen MR) is 49.6 cm³/mol. The second-order valence-electron chi connectivity index (χ2n) is 2.52. The first-order chi connectivity index (χ1) is 5.24. The minimum atomic E-state index is 0.689. The first-order valence-corrected chi connectivity index (χ1v) is 4.27. The van der Waals surface area contributed by atoms with Crippen molar-refractivity contribution in [2.75, 3.05) is 7.11 Å². The normalized spacial score (nSPS) is 10.1. The lowest BCUT2D eigenvalue weighted by Gasteiger charge is -2.02. The van der Waals surface area contributed by atoms with Crippen molar-refractivity contribution in [1.82, 2.24) is 0 Å². The minimum Gasteiger partial charge on any atom is -0.380 e. The fourth-order valence-electron chi connectivity index (χ4n) is 0.963. The van der Waals surface area contributed by atoms with Gasteiger partial charge in [0.1, 0.15) is 0 Å². The zero-order valence-corrected chi connectivity index (χ0v) is 8.31. The van der Waals surface area contributed by atoms with Gasteiger partial charge < -0.3 is 4.74 Å². The van der Waals surface area contributed by atoms with Crippen LogP contribution >= 0.6 is 15.9 Å². The molecule has 1 nitrogen and oxygen atoms in total. The highest BCUT2D eigenvalue weighted by Crippen LogP contribution is 2.17. The molecule has 0 aromatic heterocycles. The van der Waals surface area contributed by atoms with Crippen LogP contribution < -0.4 is 0 Å². The number of methoxy groups -OCH3 is 1. The van der Waals surface area contributed by atoms with Crippen molar-refractivity contribution in [2.24, 2.45) is 0 Å². The maximum atomic E-state index is 5.01. The van der Waals surface area contributed by atoms with Crippen LogP contribution in [0.1, 0.15) is 11.1 Å². The van der Waals surface area contributed by atoms with Gasteiger partial charge in [-0.25, -0.2) is 0 Å². The fraction of sp³-hybridized carbons (Fsp3) is 0.333. The Kier molecular flexibility index (Phi) is 3.09. The largest absolute Gasteiger partial charge is 0.380 e. The molecule has 0 atom stereocenters. The second kappa shape index (κ2) is 3.88. The lowest BCUT2D eigenvalue weighted by Crippen LogP contribution is -1.87. The molecule has 0 unspecified atom stereocenters. The molecule has 0 saturated heterocycles. The van der Waals surface area contributed by atoms with Crippen molar-refractivity contribution in [2.45, 2.75) is 13.5 Å². The molecular formula is C9H11BrO. The van der Waals surface area contributed by atoms with Gasteiger partial charge in [0.15, 0.2) is 0 Å². The number of ether oxygens (including phenoxy) is 1. The Morgan fingerprint density at radius 1 is 1.45 bits per heavy atom. The summed E-state index contributed by atoms with van der Waals surface area (Å²) < 4.78 is 6.16. The molecule has 0 fully saturated rings. The molecule has 2 heteroatoms. The Hall–Kier alpha value is -0.340. The van der Waals surface area contributed by atoms with Gasteiger partial charge >= 0.3 is 0 Å². The zero-order valence-electron chi connectivity index (χ0n) is 6.73. The van der Waals surface area contributed by atoms with Gasteiger partial charge in [-0.05, 0) is 24.1 Å². The molecule has 60 valence electrons. The van der Waals surface area contributed by atoms with E-state index >= 15 is 0 Å². The van der Waals surface area contributed by atoms with Crippen molar-refractivity contribution >= 4 is 15.9 Å². The van der Waals surface area contributed by atoms with Gasteiger partial charge in [0, 0.05) is 11.6 Å². The third-order valence-electron chi connectivity index (χ3n) is 1.53. The van der Waals surface area contributed by atoms with E-state index in [1.54, 1.807) is 7.11 Å². The second-order valence-corrected chi connectivity index (χ2v) is 3.37. The Labute approximate surface area is 75.5 Å². The number of hydrogen-bond acceptors (Lipinski definition) is 1. The summed E-state index contributed by atoms with van der Waals surface area (Å²) in [6.07, 6.45) is 0. The topological polar surface area (TPSA) is 9.23 Å². The van der Waals surface area contributed by atoms with Gasteiger partial charge in [0.2, 0.25) is 0 Å². The maximum absolute atomic E-state index is 5.01. The Morgan fingerprint density at radius 3 is 2.73 bits per heavy atom. The Balaban J connectivity index is 2.86. The molecule has 0 amide bonds. The summed E-state index contributed by atoms with van der Waals surface area (Å²) in [7, 11) is 1.71. The van der Waals surface area contributed by atoms with Crippen molar-refractivity contribution in [1.29, 1.82) is 0 Å².